The van der Waals surface area contributed by atoms with Gasteiger partial charge in [-0.1, -0.05) is 26.7 Å². The van der Waals surface area contributed by atoms with Crippen molar-refractivity contribution in [1.29, 1.82) is 0 Å². The Bertz CT molecular complexity index is 217. The van der Waals surface area contributed by atoms with Crippen LogP contribution in [-0.4, -0.2) is 29.5 Å². The molecule has 94 valence electrons. The summed E-state index contributed by atoms with van der Waals surface area (Å²) >= 11 is 1.98. The second kappa shape index (κ2) is 7.17. The van der Waals surface area contributed by atoms with Crippen LogP contribution in [0.25, 0.3) is 0 Å². The van der Waals surface area contributed by atoms with E-state index in [0.717, 1.165) is 13.0 Å². The van der Waals surface area contributed by atoms with Crippen LogP contribution in [0.1, 0.15) is 39.5 Å². The molecule has 1 aliphatic heterocycles. The largest absolute Gasteiger partial charge is 0.354 e. The predicted octanol–water partition coefficient (Wildman–Crippen LogP) is 1.76. The highest BCUT2D eigenvalue weighted by Crippen LogP contribution is 2.24. The summed E-state index contributed by atoms with van der Waals surface area (Å²) in [7, 11) is 0. The van der Waals surface area contributed by atoms with Gasteiger partial charge < -0.3 is 11.1 Å². The van der Waals surface area contributed by atoms with E-state index in [1.54, 1.807) is 0 Å². The molecule has 1 amide bonds. The Morgan fingerprint density at radius 3 is 2.88 bits per heavy atom. The van der Waals surface area contributed by atoms with E-state index in [1.807, 2.05) is 18.7 Å². The Kier molecular flexibility index (Phi) is 6.21. The lowest BCUT2D eigenvalue weighted by Gasteiger charge is -2.23. The van der Waals surface area contributed by atoms with Gasteiger partial charge in [0.15, 0.2) is 0 Å². The van der Waals surface area contributed by atoms with Crippen LogP contribution in [0.2, 0.25) is 0 Å². The van der Waals surface area contributed by atoms with Gasteiger partial charge in [-0.15, -0.1) is 0 Å². The minimum atomic E-state index is -0.349. The molecule has 0 radical (unpaired) electrons. The smallest absolute Gasteiger partial charge is 0.237 e. The van der Waals surface area contributed by atoms with Crippen molar-refractivity contribution in [3.05, 3.63) is 0 Å². The van der Waals surface area contributed by atoms with Crippen molar-refractivity contribution in [2.75, 3.05) is 12.3 Å². The molecule has 1 aliphatic rings. The number of amides is 1. The van der Waals surface area contributed by atoms with Gasteiger partial charge in [-0.05, 0) is 24.5 Å². The van der Waals surface area contributed by atoms with Gasteiger partial charge in [0.25, 0.3) is 0 Å². The SMILES string of the molecule is CCC(C)C(N)C(=O)NCC1CCCCS1. The Balaban J connectivity index is 2.23. The molecule has 0 aromatic heterocycles. The maximum Gasteiger partial charge on any atom is 0.237 e. The summed E-state index contributed by atoms with van der Waals surface area (Å²) in [6, 6.07) is -0.349. The van der Waals surface area contributed by atoms with Gasteiger partial charge in [0.05, 0.1) is 6.04 Å². The molecule has 0 aliphatic carbocycles. The van der Waals surface area contributed by atoms with E-state index in [1.165, 1.54) is 25.0 Å². The minimum Gasteiger partial charge on any atom is -0.354 e. The van der Waals surface area contributed by atoms with Gasteiger partial charge in [-0.2, -0.15) is 11.8 Å². The minimum absolute atomic E-state index is 0.0144. The molecule has 3 unspecified atom stereocenters. The van der Waals surface area contributed by atoms with E-state index < -0.39 is 0 Å². The highest BCUT2D eigenvalue weighted by atomic mass is 32.2. The monoisotopic (exact) mass is 244 g/mol. The summed E-state index contributed by atoms with van der Waals surface area (Å²) in [6.45, 7) is 4.88. The zero-order valence-corrected chi connectivity index (χ0v) is 11.2. The summed E-state index contributed by atoms with van der Waals surface area (Å²) in [6.07, 6.45) is 4.79. The van der Waals surface area contributed by atoms with Crippen molar-refractivity contribution in [3.63, 3.8) is 0 Å². The van der Waals surface area contributed by atoms with Crippen LogP contribution in [-0.2, 0) is 4.79 Å². The molecule has 1 saturated heterocycles. The second-order valence-electron chi connectivity index (χ2n) is 4.65. The van der Waals surface area contributed by atoms with E-state index in [-0.39, 0.29) is 17.9 Å². The molecule has 1 fully saturated rings. The Morgan fingerprint density at radius 1 is 1.56 bits per heavy atom. The molecule has 3 nitrogen and oxygen atoms in total. The fraction of sp³-hybridized carbons (Fsp3) is 0.917. The summed E-state index contributed by atoms with van der Waals surface area (Å²) in [5.74, 6) is 1.51. The second-order valence-corrected chi connectivity index (χ2v) is 6.05. The molecule has 1 heterocycles. The highest BCUT2D eigenvalue weighted by molar-refractivity contribution is 7.99. The number of carbonyl (C=O) groups excluding carboxylic acids is 1. The lowest BCUT2D eigenvalue weighted by atomic mass is 9.99. The van der Waals surface area contributed by atoms with E-state index in [2.05, 4.69) is 12.2 Å². The molecule has 0 aromatic carbocycles. The first-order valence-electron chi connectivity index (χ1n) is 6.30. The van der Waals surface area contributed by atoms with Crippen molar-refractivity contribution in [2.45, 2.75) is 50.8 Å². The van der Waals surface area contributed by atoms with Crippen molar-refractivity contribution in [1.82, 2.24) is 5.32 Å². The Hall–Kier alpha value is -0.220. The van der Waals surface area contributed by atoms with Gasteiger partial charge in [0.2, 0.25) is 5.91 Å². The molecular weight excluding hydrogens is 220 g/mol. The van der Waals surface area contributed by atoms with Crippen LogP contribution < -0.4 is 11.1 Å². The predicted molar refractivity (Wildman–Crippen MR) is 70.5 cm³/mol. The van der Waals surface area contributed by atoms with Crippen molar-refractivity contribution in [2.24, 2.45) is 11.7 Å². The number of rotatable bonds is 5. The molecule has 1 rings (SSSR count). The van der Waals surface area contributed by atoms with Crippen LogP contribution in [0, 0.1) is 5.92 Å². The first-order chi connectivity index (χ1) is 7.65. The van der Waals surface area contributed by atoms with E-state index in [4.69, 9.17) is 5.73 Å². The molecule has 0 saturated carbocycles. The zero-order chi connectivity index (χ0) is 12.0. The van der Waals surface area contributed by atoms with Crippen LogP contribution in [0.3, 0.4) is 0 Å². The zero-order valence-electron chi connectivity index (χ0n) is 10.4. The van der Waals surface area contributed by atoms with Crippen LogP contribution in [0.15, 0.2) is 0 Å². The maximum absolute atomic E-state index is 11.7. The third-order valence-electron chi connectivity index (χ3n) is 3.34. The molecule has 3 atom stereocenters. The number of hydrogen-bond acceptors (Lipinski definition) is 3. The normalized spacial score (nSPS) is 24.8. The summed E-state index contributed by atoms with van der Waals surface area (Å²) in [5.41, 5.74) is 5.87. The van der Waals surface area contributed by atoms with Crippen molar-refractivity contribution in [3.8, 4) is 0 Å². The highest BCUT2D eigenvalue weighted by Gasteiger charge is 2.21. The first-order valence-corrected chi connectivity index (χ1v) is 7.35. The fourth-order valence-corrected chi connectivity index (χ4v) is 3.05. The standard InChI is InChI=1S/C12H24N2OS/c1-3-9(2)11(13)12(15)14-8-10-6-4-5-7-16-10/h9-11H,3-8,13H2,1-2H3,(H,14,15). The average molecular weight is 244 g/mol. The van der Waals surface area contributed by atoms with Crippen molar-refractivity contribution < 1.29 is 4.79 Å². The van der Waals surface area contributed by atoms with Crippen molar-refractivity contribution >= 4 is 17.7 Å². The van der Waals surface area contributed by atoms with Crippen LogP contribution >= 0.6 is 11.8 Å². The third kappa shape index (κ3) is 4.34. The molecule has 4 heteroatoms. The molecule has 0 bridgehead atoms. The molecule has 0 spiro atoms. The van der Waals surface area contributed by atoms with Gasteiger partial charge in [0, 0.05) is 11.8 Å². The number of nitrogens with two attached hydrogens (primary N) is 1. The quantitative estimate of drug-likeness (QED) is 0.775. The maximum atomic E-state index is 11.7. The molecule has 16 heavy (non-hydrogen) atoms. The Labute approximate surface area is 103 Å². The summed E-state index contributed by atoms with van der Waals surface area (Å²) in [5, 5.41) is 3.58. The number of hydrogen-bond donors (Lipinski definition) is 2. The van der Waals surface area contributed by atoms with E-state index in [0.29, 0.717) is 5.25 Å². The molecule has 0 aromatic rings. The number of carbonyl (C=O) groups is 1. The average Bonchev–Trinajstić information content (AvgIpc) is 2.35. The van der Waals surface area contributed by atoms with Gasteiger partial charge in [-0.3, -0.25) is 4.79 Å². The lowest BCUT2D eigenvalue weighted by Crippen LogP contribution is -2.46. The van der Waals surface area contributed by atoms with Gasteiger partial charge in [0.1, 0.15) is 0 Å². The van der Waals surface area contributed by atoms with Crippen LogP contribution in [0.4, 0.5) is 0 Å². The van der Waals surface area contributed by atoms with Gasteiger partial charge in [-0.25, -0.2) is 0 Å². The van der Waals surface area contributed by atoms with Gasteiger partial charge >= 0.3 is 0 Å². The van der Waals surface area contributed by atoms with E-state index in [9.17, 15) is 4.79 Å². The number of thioether (sulfide) groups is 1. The van der Waals surface area contributed by atoms with Crippen LogP contribution in [0.5, 0.6) is 0 Å². The third-order valence-corrected chi connectivity index (χ3v) is 4.74. The number of nitrogens with one attached hydrogen (secondary N) is 1. The summed E-state index contributed by atoms with van der Waals surface area (Å²) < 4.78 is 0. The summed E-state index contributed by atoms with van der Waals surface area (Å²) in [4.78, 5) is 11.7. The topological polar surface area (TPSA) is 55.1 Å². The first kappa shape index (κ1) is 13.8. The van der Waals surface area contributed by atoms with E-state index >= 15 is 0 Å². The lowest BCUT2D eigenvalue weighted by molar-refractivity contribution is -0.123. The molecule has 3 N–H and O–H groups in total. The Morgan fingerprint density at radius 2 is 2.31 bits per heavy atom. The fourth-order valence-electron chi connectivity index (χ4n) is 1.81. The molecular formula is C12H24N2OS.